The number of aryl methyl sites for hydroxylation is 2. The second-order valence-corrected chi connectivity index (χ2v) is 7.11. The third-order valence-corrected chi connectivity index (χ3v) is 4.74. The molecule has 0 radical (unpaired) electrons. The number of amides is 1. The Bertz CT molecular complexity index is 888. The first-order chi connectivity index (χ1) is 14.1. The van der Waals surface area contributed by atoms with Gasteiger partial charge in [0.05, 0.1) is 12.3 Å². The van der Waals surface area contributed by atoms with E-state index in [0.717, 1.165) is 23.3 Å². The van der Waals surface area contributed by atoms with Crippen molar-refractivity contribution in [1.82, 2.24) is 10.3 Å². The minimum atomic E-state index is -0.00352. The van der Waals surface area contributed by atoms with Crippen LogP contribution < -0.4 is 5.32 Å². The molecule has 5 nitrogen and oxygen atoms in total. The molecule has 1 aromatic heterocycles. The van der Waals surface area contributed by atoms with Crippen LogP contribution in [0, 0.1) is 6.92 Å². The number of aromatic nitrogens is 1. The van der Waals surface area contributed by atoms with Crippen LogP contribution in [0.25, 0.3) is 11.3 Å². The fourth-order valence-corrected chi connectivity index (χ4v) is 2.97. The summed E-state index contributed by atoms with van der Waals surface area (Å²) in [4.78, 5) is 16.3. The van der Waals surface area contributed by atoms with E-state index in [4.69, 9.17) is 9.15 Å². The molecule has 1 heterocycles. The Labute approximate surface area is 172 Å². The van der Waals surface area contributed by atoms with Crippen LogP contribution in [0.5, 0.6) is 0 Å². The standard InChI is InChI=1S/C24H28N2O3/c1-18-9-11-21(12-10-18)22-17-26-24(29-22)14-13-23(27)25-15-6-16-28-19(2)20-7-4-3-5-8-20/h3-5,7-12,17,19H,6,13-16H2,1-2H3,(H,25,27). The molecule has 0 saturated heterocycles. The molecule has 1 atom stereocenters. The number of nitrogens with one attached hydrogen (secondary N) is 1. The van der Waals surface area contributed by atoms with Gasteiger partial charge in [-0.05, 0) is 25.8 Å². The predicted octanol–water partition coefficient (Wildman–Crippen LogP) is 4.87. The first-order valence-corrected chi connectivity index (χ1v) is 10.1. The Morgan fingerprint density at radius 1 is 1.14 bits per heavy atom. The summed E-state index contributed by atoms with van der Waals surface area (Å²) >= 11 is 0. The van der Waals surface area contributed by atoms with Crippen LogP contribution >= 0.6 is 0 Å². The van der Waals surface area contributed by atoms with Gasteiger partial charge in [-0.3, -0.25) is 4.79 Å². The number of rotatable bonds is 10. The average Bonchev–Trinajstić information content (AvgIpc) is 3.22. The number of carbonyl (C=O) groups is 1. The largest absolute Gasteiger partial charge is 0.441 e. The molecule has 1 N–H and O–H groups in total. The second kappa shape index (κ2) is 10.6. The maximum absolute atomic E-state index is 12.0. The van der Waals surface area contributed by atoms with Gasteiger partial charge in [0, 0.05) is 31.6 Å². The van der Waals surface area contributed by atoms with Crippen molar-refractivity contribution in [3.63, 3.8) is 0 Å². The number of benzene rings is 2. The van der Waals surface area contributed by atoms with Gasteiger partial charge in [-0.15, -0.1) is 0 Å². The van der Waals surface area contributed by atoms with Gasteiger partial charge in [-0.1, -0.05) is 60.2 Å². The third kappa shape index (κ3) is 6.57. The molecule has 1 amide bonds. The molecule has 2 aromatic carbocycles. The highest BCUT2D eigenvalue weighted by Crippen LogP contribution is 2.21. The van der Waals surface area contributed by atoms with Gasteiger partial charge in [0.25, 0.3) is 0 Å². The first-order valence-electron chi connectivity index (χ1n) is 10.1. The van der Waals surface area contributed by atoms with Crippen molar-refractivity contribution in [3.05, 3.63) is 77.8 Å². The van der Waals surface area contributed by atoms with Crippen molar-refractivity contribution >= 4 is 5.91 Å². The van der Waals surface area contributed by atoms with Gasteiger partial charge in [-0.25, -0.2) is 4.98 Å². The van der Waals surface area contributed by atoms with Crippen molar-refractivity contribution in [2.75, 3.05) is 13.2 Å². The summed E-state index contributed by atoms with van der Waals surface area (Å²) in [5.41, 5.74) is 3.35. The van der Waals surface area contributed by atoms with Gasteiger partial charge >= 0.3 is 0 Å². The molecule has 0 saturated carbocycles. The van der Waals surface area contributed by atoms with E-state index in [9.17, 15) is 4.79 Å². The lowest BCUT2D eigenvalue weighted by Gasteiger charge is -2.13. The fourth-order valence-electron chi connectivity index (χ4n) is 2.97. The number of hydrogen-bond donors (Lipinski definition) is 1. The van der Waals surface area contributed by atoms with Gasteiger partial charge < -0.3 is 14.5 Å². The van der Waals surface area contributed by atoms with E-state index in [1.54, 1.807) is 6.20 Å². The lowest BCUT2D eigenvalue weighted by Crippen LogP contribution is -2.25. The van der Waals surface area contributed by atoms with E-state index >= 15 is 0 Å². The van der Waals surface area contributed by atoms with E-state index in [1.807, 2.05) is 56.3 Å². The molecule has 0 aliphatic heterocycles. The maximum Gasteiger partial charge on any atom is 0.220 e. The molecule has 0 fully saturated rings. The number of carbonyl (C=O) groups excluding carboxylic acids is 1. The van der Waals surface area contributed by atoms with Gasteiger partial charge in [0.1, 0.15) is 0 Å². The molecular weight excluding hydrogens is 364 g/mol. The SMILES string of the molecule is Cc1ccc(-c2cnc(CCC(=O)NCCCOC(C)c3ccccc3)o2)cc1. The van der Waals surface area contributed by atoms with Crippen LogP contribution in [0.2, 0.25) is 0 Å². The zero-order valence-corrected chi connectivity index (χ0v) is 17.1. The molecular formula is C24H28N2O3. The number of nitrogens with zero attached hydrogens (tertiary/aromatic N) is 1. The van der Waals surface area contributed by atoms with Crippen LogP contribution in [0.1, 0.15) is 42.9 Å². The molecule has 3 rings (SSSR count). The summed E-state index contributed by atoms with van der Waals surface area (Å²) in [7, 11) is 0. The van der Waals surface area contributed by atoms with E-state index in [2.05, 4.69) is 22.4 Å². The molecule has 0 aliphatic carbocycles. The topological polar surface area (TPSA) is 64.4 Å². The number of hydrogen-bond acceptors (Lipinski definition) is 4. The van der Waals surface area contributed by atoms with Gasteiger partial charge in [0.15, 0.2) is 11.7 Å². The fraction of sp³-hybridized carbons (Fsp3) is 0.333. The van der Waals surface area contributed by atoms with Crippen molar-refractivity contribution in [2.24, 2.45) is 0 Å². The zero-order valence-electron chi connectivity index (χ0n) is 17.1. The highest BCUT2D eigenvalue weighted by molar-refractivity contribution is 5.76. The van der Waals surface area contributed by atoms with E-state index in [1.165, 1.54) is 5.56 Å². The summed E-state index contributed by atoms with van der Waals surface area (Å²) < 4.78 is 11.6. The molecule has 29 heavy (non-hydrogen) atoms. The van der Waals surface area contributed by atoms with Crippen molar-refractivity contribution in [2.45, 2.75) is 39.2 Å². The van der Waals surface area contributed by atoms with Crippen molar-refractivity contribution < 1.29 is 13.9 Å². The van der Waals surface area contributed by atoms with Gasteiger partial charge in [0.2, 0.25) is 5.91 Å². The summed E-state index contributed by atoms with van der Waals surface area (Å²) in [5.74, 6) is 1.30. The van der Waals surface area contributed by atoms with Crippen LogP contribution in [-0.4, -0.2) is 24.0 Å². The molecule has 0 spiro atoms. The molecule has 152 valence electrons. The monoisotopic (exact) mass is 392 g/mol. The predicted molar refractivity (Wildman–Crippen MR) is 113 cm³/mol. The summed E-state index contributed by atoms with van der Waals surface area (Å²) in [5, 5.41) is 2.92. The Hall–Kier alpha value is -2.92. The quantitative estimate of drug-likeness (QED) is 0.500. The smallest absolute Gasteiger partial charge is 0.220 e. The highest BCUT2D eigenvalue weighted by atomic mass is 16.5. The van der Waals surface area contributed by atoms with Crippen molar-refractivity contribution in [1.29, 1.82) is 0 Å². The van der Waals surface area contributed by atoms with E-state index in [0.29, 0.717) is 31.9 Å². The molecule has 1 unspecified atom stereocenters. The Morgan fingerprint density at radius 3 is 2.66 bits per heavy atom. The van der Waals surface area contributed by atoms with Crippen molar-refractivity contribution in [3.8, 4) is 11.3 Å². The summed E-state index contributed by atoms with van der Waals surface area (Å²) in [6.45, 7) is 5.29. The average molecular weight is 392 g/mol. The summed E-state index contributed by atoms with van der Waals surface area (Å²) in [6.07, 6.45) is 3.39. The zero-order chi connectivity index (χ0) is 20.5. The van der Waals surface area contributed by atoms with Crippen LogP contribution in [-0.2, 0) is 16.0 Å². The van der Waals surface area contributed by atoms with Gasteiger partial charge in [-0.2, -0.15) is 0 Å². The third-order valence-electron chi connectivity index (χ3n) is 4.74. The number of ether oxygens (including phenoxy) is 1. The molecule has 5 heteroatoms. The first kappa shape index (κ1) is 20.8. The van der Waals surface area contributed by atoms with Crippen LogP contribution in [0.4, 0.5) is 0 Å². The minimum absolute atomic E-state index is 0.00352. The Balaban J connectivity index is 1.32. The second-order valence-electron chi connectivity index (χ2n) is 7.11. The summed E-state index contributed by atoms with van der Waals surface area (Å²) in [6, 6.07) is 18.2. The normalized spacial score (nSPS) is 11.9. The minimum Gasteiger partial charge on any atom is -0.441 e. The molecule has 0 bridgehead atoms. The highest BCUT2D eigenvalue weighted by Gasteiger charge is 2.09. The number of oxazole rings is 1. The van der Waals surface area contributed by atoms with Crippen LogP contribution in [0.15, 0.2) is 65.2 Å². The molecule has 0 aliphatic rings. The Kier molecular flexibility index (Phi) is 7.59. The van der Waals surface area contributed by atoms with E-state index in [-0.39, 0.29) is 12.0 Å². The van der Waals surface area contributed by atoms with Crippen LogP contribution in [0.3, 0.4) is 0 Å². The maximum atomic E-state index is 12.0. The van der Waals surface area contributed by atoms with E-state index < -0.39 is 0 Å². The molecule has 3 aromatic rings. The lowest BCUT2D eigenvalue weighted by molar-refractivity contribution is -0.121. The lowest BCUT2D eigenvalue weighted by atomic mass is 10.1. The Morgan fingerprint density at radius 2 is 1.90 bits per heavy atom.